The first kappa shape index (κ1) is 19.6. The largest absolute Gasteiger partial charge is 0.328 e. The maximum atomic E-state index is 7.36. The summed E-state index contributed by atoms with van der Waals surface area (Å²) >= 11 is 0. The van der Waals surface area contributed by atoms with Crippen LogP contribution in [-0.4, -0.2) is 49.7 Å². The van der Waals surface area contributed by atoms with Gasteiger partial charge in [-0.15, -0.1) is 0 Å². The monoisotopic (exact) mass is 339 g/mol. The van der Waals surface area contributed by atoms with Gasteiger partial charge >= 0.3 is 0 Å². The molecule has 25 heavy (non-hydrogen) atoms. The van der Waals surface area contributed by atoms with E-state index in [1.165, 1.54) is 24.1 Å². The van der Waals surface area contributed by atoms with Crippen LogP contribution in [0.5, 0.6) is 0 Å². The summed E-state index contributed by atoms with van der Waals surface area (Å²) in [6.07, 6.45) is 2.18. The Balaban J connectivity index is 1.92. The Morgan fingerprint density at radius 2 is 1.24 bits per heavy atom. The van der Waals surface area contributed by atoms with E-state index in [0.29, 0.717) is 6.54 Å². The van der Waals surface area contributed by atoms with Crippen LogP contribution in [0.4, 0.5) is 0 Å². The lowest BCUT2D eigenvalue weighted by Crippen LogP contribution is -2.42. The van der Waals surface area contributed by atoms with E-state index < -0.39 is 0 Å². The minimum absolute atomic E-state index is 0.538. The SMILES string of the molecule is C[N+](C)(CCC[NH])CCCN(Cc1ccccc1)Cc1ccccc1. The molecule has 1 radical (unpaired) electrons. The zero-order chi connectivity index (χ0) is 18.0. The quantitative estimate of drug-likeness (QED) is 0.572. The topological polar surface area (TPSA) is 27.0 Å². The summed E-state index contributed by atoms with van der Waals surface area (Å²) in [6, 6.07) is 21.5. The normalized spacial score (nSPS) is 11.8. The van der Waals surface area contributed by atoms with Gasteiger partial charge in [-0.05, 0) is 11.1 Å². The predicted molar refractivity (Wildman–Crippen MR) is 106 cm³/mol. The number of benzene rings is 2. The fraction of sp³-hybridized carbons (Fsp3) is 0.455. The smallest absolute Gasteiger partial charge is 0.0795 e. The third-order valence-electron chi connectivity index (χ3n) is 4.68. The second-order valence-electron chi connectivity index (χ2n) is 7.52. The minimum Gasteiger partial charge on any atom is -0.328 e. The second kappa shape index (κ2) is 10.3. The molecule has 0 aromatic heterocycles. The van der Waals surface area contributed by atoms with Crippen molar-refractivity contribution in [2.75, 3.05) is 40.3 Å². The van der Waals surface area contributed by atoms with Crippen molar-refractivity contribution in [3.63, 3.8) is 0 Å². The van der Waals surface area contributed by atoms with E-state index in [1.54, 1.807) is 0 Å². The van der Waals surface area contributed by atoms with Crippen molar-refractivity contribution >= 4 is 0 Å². The van der Waals surface area contributed by atoms with Crippen LogP contribution in [0, 0.1) is 0 Å². The molecule has 0 aliphatic rings. The lowest BCUT2D eigenvalue weighted by Gasteiger charge is -2.31. The van der Waals surface area contributed by atoms with Crippen LogP contribution < -0.4 is 5.73 Å². The predicted octanol–water partition coefficient (Wildman–Crippen LogP) is 3.83. The molecule has 0 amide bonds. The average molecular weight is 340 g/mol. The van der Waals surface area contributed by atoms with Gasteiger partial charge in [-0.3, -0.25) is 10.6 Å². The molecule has 0 spiro atoms. The van der Waals surface area contributed by atoms with E-state index in [4.69, 9.17) is 5.73 Å². The standard InChI is InChI=1S/C22H33N3/c1-25(2,17-9-15-23)18-10-16-24(19-21-11-5-3-6-12-21)20-22-13-7-4-8-14-22/h3-8,11-14,23H,9-10,15-20H2,1-2H3/q+1. The molecule has 0 saturated carbocycles. The molecule has 3 heteroatoms. The first-order valence-corrected chi connectivity index (χ1v) is 9.36. The minimum atomic E-state index is 0.538. The Kier molecular flexibility index (Phi) is 8.13. The van der Waals surface area contributed by atoms with Gasteiger partial charge < -0.3 is 4.48 Å². The van der Waals surface area contributed by atoms with E-state index >= 15 is 0 Å². The van der Waals surface area contributed by atoms with Crippen molar-refractivity contribution in [3.8, 4) is 0 Å². The van der Waals surface area contributed by atoms with Crippen LogP contribution in [-0.2, 0) is 13.1 Å². The number of hydrogen-bond donors (Lipinski definition) is 0. The average Bonchev–Trinajstić information content (AvgIpc) is 2.61. The van der Waals surface area contributed by atoms with Gasteiger partial charge in [0.1, 0.15) is 0 Å². The molecule has 0 unspecified atom stereocenters. The van der Waals surface area contributed by atoms with Crippen molar-refractivity contribution in [2.45, 2.75) is 25.9 Å². The highest BCUT2D eigenvalue weighted by Crippen LogP contribution is 2.11. The highest BCUT2D eigenvalue weighted by Gasteiger charge is 2.15. The first-order valence-electron chi connectivity index (χ1n) is 9.36. The van der Waals surface area contributed by atoms with E-state index in [1.807, 2.05) is 0 Å². The molecule has 3 nitrogen and oxygen atoms in total. The molecular weight excluding hydrogens is 306 g/mol. The fourth-order valence-electron chi connectivity index (χ4n) is 3.24. The van der Waals surface area contributed by atoms with Crippen LogP contribution in [0.3, 0.4) is 0 Å². The van der Waals surface area contributed by atoms with Gasteiger partial charge in [0.2, 0.25) is 0 Å². The molecule has 0 fully saturated rings. The van der Waals surface area contributed by atoms with Crippen LogP contribution in [0.25, 0.3) is 0 Å². The third kappa shape index (κ3) is 7.82. The molecule has 0 heterocycles. The highest BCUT2D eigenvalue weighted by atomic mass is 15.3. The van der Waals surface area contributed by atoms with Crippen LogP contribution in [0.2, 0.25) is 0 Å². The van der Waals surface area contributed by atoms with Gasteiger partial charge in [-0.1, -0.05) is 60.7 Å². The van der Waals surface area contributed by atoms with Crippen LogP contribution in [0.15, 0.2) is 60.7 Å². The zero-order valence-corrected chi connectivity index (χ0v) is 15.8. The number of hydrogen-bond acceptors (Lipinski definition) is 1. The van der Waals surface area contributed by atoms with Gasteiger partial charge in [0, 0.05) is 39.0 Å². The Hall–Kier alpha value is -1.68. The van der Waals surface area contributed by atoms with Crippen LogP contribution in [0.1, 0.15) is 24.0 Å². The molecule has 135 valence electrons. The van der Waals surface area contributed by atoms with Crippen LogP contribution >= 0.6 is 0 Å². The Morgan fingerprint density at radius 1 is 0.760 bits per heavy atom. The summed E-state index contributed by atoms with van der Waals surface area (Å²) < 4.78 is 1.02. The first-order chi connectivity index (χ1) is 12.1. The molecule has 0 aliphatic heterocycles. The summed E-state index contributed by atoms with van der Waals surface area (Å²) in [5, 5.41) is 0. The fourth-order valence-corrected chi connectivity index (χ4v) is 3.24. The van der Waals surface area contributed by atoms with Gasteiger partial charge in [-0.25, -0.2) is 0 Å². The van der Waals surface area contributed by atoms with E-state index in [2.05, 4.69) is 79.7 Å². The lowest BCUT2D eigenvalue weighted by molar-refractivity contribution is -0.890. The summed E-state index contributed by atoms with van der Waals surface area (Å²) in [7, 11) is 4.57. The third-order valence-corrected chi connectivity index (χ3v) is 4.68. The molecule has 0 saturated heterocycles. The molecule has 0 atom stereocenters. The van der Waals surface area contributed by atoms with E-state index in [-0.39, 0.29) is 0 Å². The van der Waals surface area contributed by atoms with Crippen molar-refractivity contribution in [3.05, 3.63) is 71.8 Å². The Labute approximate surface area is 153 Å². The maximum absolute atomic E-state index is 7.36. The maximum Gasteiger partial charge on any atom is 0.0795 e. The molecule has 2 rings (SSSR count). The lowest BCUT2D eigenvalue weighted by atomic mass is 10.1. The number of rotatable bonds is 11. The van der Waals surface area contributed by atoms with Crippen molar-refractivity contribution in [1.82, 2.24) is 10.6 Å². The second-order valence-corrected chi connectivity index (χ2v) is 7.52. The Morgan fingerprint density at radius 3 is 1.72 bits per heavy atom. The number of quaternary nitrogens is 1. The summed E-state index contributed by atoms with van der Waals surface area (Å²) in [5.41, 5.74) is 10.1. The van der Waals surface area contributed by atoms with Gasteiger partial charge in [-0.2, -0.15) is 0 Å². The number of nitrogens with zero attached hydrogens (tertiary/aromatic N) is 2. The molecule has 1 N–H and O–H groups in total. The molecule has 2 aromatic carbocycles. The van der Waals surface area contributed by atoms with E-state index in [0.717, 1.165) is 37.1 Å². The molecule has 0 aliphatic carbocycles. The molecule has 0 bridgehead atoms. The number of nitrogens with one attached hydrogen (secondary N) is 1. The van der Waals surface area contributed by atoms with Gasteiger partial charge in [0.15, 0.2) is 0 Å². The van der Waals surface area contributed by atoms with Crippen molar-refractivity contribution in [2.24, 2.45) is 0 Å². The summed E-state index contributed by atoms with van der Waals surface area (Å²) in [4.78, 5) is 2.55. The van der Waals surface area contributed by atoms with Crippen molar-refractivity contribution in [1.29, 1.82) is 0 Å². The molecule has 2 aromatic rings. The molecular formula is C22H33N3+. The highest BCUT2D eigenvalue weighted by molar-refractivity contribution is 5.17. The zero-order valence-electron chi connectivity index (χ0n) is 15.8. The van der Waals surface area contributed by atoms with E-state index in [9.17, 15) is 0 Å². The summed E-state index contributed by atoms with van der Waals surface area (Å²) in [5.74, 6) is 0. The summed E-state index contributed by atoms with van der Waals surface area (Å²) in [6.45, 7) is 5.90. The van der Waals surface area contributed by atoms with Crippen molar-refractivity contribution < 1.29 is 4.48 Å². The van der Waals surface area contributed by atoms with Gasteiger partial charge in [0.25, 0.3) is 0 Å². The van der Waals surface area contributed by atoms with Gasteiger partial charge in [0.05, 0.1) is 27.2 Å². The Bertz CT molecular complexity index is 539.